The van der Waals surface area contributed by atoms with Gasteiger partial charge in [-0.15, -0.1) is 11.3 Å². The summed E-state index contributed by atoms with van der Waals surface area (Å²) >= 11 is 1.28. The summed E-state index contributed by atoms with van der Waals surface area (Å²) in [5.74, 6) is 1.75. The Morgan fingerprint density at radius 1 is 1.29 bits per heavy atom. The Morgan fingerprint density at radius 2 is 2.06 bits per heavy atom. The zero-order valence-electron chi connectivity index (χ0n) is 19.9. The average molecular weight is 493 g/mol. The lowest BCUT2D eigenvalue weighted by Gasteiger charge is -2.20. The molecule has 4 aromatic rings. The van der Waals surface area contributed by atoms with Crippen LogP contribution in [0.25, 0.3) is 21.3 Å². The molecular formula is C25H28N6O3S. The molecule has 3 N–H and O–H groups in total. The maximum Gasteiger partial charge on any atom is 0.259 e. The summed E-state index contributed by atoms with van der Waals surface area (Å²) < 4.78 is 13.8. The van der Waals surface area contributed by atoms with Gasteiger partial charge >= 0.3 is 0 Å². The smallest absolute Gasteiger partial charge is 0.259 e. The third kappa shape index (κ3) is 4.46. The number of hydrogen-bond acceptors (Lipinski definition) is 8. The van der Waals surface area contributed by atoms with Crippen LogP contribution < -0.4 is 15.8 Å². The number of rotatable bonds is 7. The molecule has 0 atom stereocenters. The van der Waals surface area contributed by atoms with Crippen LogP contribution >= 0.6 is 11.3 Å². The van der Waals surface area contributed by atoms with E-state index in [4.69, 9.17) is 25.3 Å². The molecule has 3 aromatic heterocycles. The predicted octanol–water partition coefficient (Wildman–Crippen LogP) is 4.88. The molecule has 0 radical (unpaired) electrons. The molecule has 9 nitrogen and oxygen atoms in total. The van der Waals surface area contributed by atoms with Gasteiger partial charge in [-0.05, 0) is 32.8 Å². The normalized spacial score (nSPS) is 14.5. The fourth-order valence-corrected chi connectivity index (χ4v) is 5.41. The summed E-state index contributed by atoms with van der Waals surface area (Å²) in [4.78, 5) is 22.1. The summed E-state index contributed by atoms with van der Waals surface area (Å²) in [5, 5.41) is 8.23. The van der Waals surface area contributed by atoms with E-state index in [1.807, 2.05) is 28.9 Å². The van der Waals surface area contributed by atoms with Crippen molar-refractivity contribution < 1.29 is 14.3 Å². The van der Waals surface area contributed by atoms with Crippen molar-refractivity contribution >= 4 is 39.2 Å². The number of hydrogen-bond donors (Lipinski definition) is 2. The monoisotopic (exact) mass is 492 g/mol. The van der Waals surface area contributed by atoms with Crippen LogP contribution in [0, 0.1) is 0 Å². The third-order valence-electron chi connectivity index (χ3n) is 6.15. The number of anilines is 2. The number of benzene rings is 1. The Kier molecular flexibility index (Phi) is 6.40. The van der Waals surface area contributed by atoms with Gasteiger partial charge in [-0.25, -0.2) is 14.6 Å². The van der Waals surface area contributed by atoms with Gasteiger partial charge < -0.3 is 20.5 Å². The summed E-state index contributed by atoms with van der Waals surface area (Å²) in [5.41, 5.74) is 8.85. The number of fused-ring (bicyclic) bond motifs is 1. The zero-order chi connectivity index (χ0) is 24.5. The van der Waals surface area contributed by atoms with E-state index >= 15 is 0 Å². The Balaban J connectivity index is 1.58. The molecule has 0 saturated carbocycles. The van der Waals surface area contributed by atoms with E-state index < -0.39 is 5.91 Å². The highest BCUT2D eigenvalue weighted by atomic mass is 32.1. The molecule has 1 saturated heterocycles. The van der Waals surface area contributed by atoms with Gasteiger partial charge in [-0.3, -0.25) is 4.79 Å². The number of nitrogens with one attached hydrogen (secondary N) is 1. The van der Waals surface area contributed by atoms with Crippen LogP contribution in [0.4, 0.5) is 11.8 Å². The molecular weight excluding hydrogens is 464 g/mol. The standard InChI is InChI=1S/C25H28N6O3S/c1-14(2)31-20(12-17(30-31)15-8-10-34-11-9-15)28-25-27-13-19-22(29-25)21(23(35-19)24(26)32)16-6-4-5-7-18(16)33-3/h4-7,12-15H,8-11H2,1-3H3,(H2,26,32)(H,27,28,29). The van der Waals surface area contributed by atoms with Crippen LogP contribution in [-0.4, -0.2) is 46.0 Å². The molecule has 1 aliphatic heterocycles. The highest BCUT2D eigenvalue weighted by Gasteiger charge is 2.24. The number of methoxy groups -OCH3 is 1. The molecule has 1 aromatic carbocycles. The van der Waals surface area contributed by atoms with Gasteiger partial charge in [-0.1, -0.05) is 18.2 Å². The number of thiophene rings is 1. The summed E-state index contributed by atoms with van der Waals surface area (Å²) in [6.45, 7) is 5.70. The number of para-hydroxylation sites is 1. The second kappa shape index (κ2) is 9.63. The summed E-state index contributed by atoms with van der Waals surface area (Å²) in [6.07, 6.45) is 3.64. The minimum atomic E-state index is -0.512. The molecule has 10 heteroatoms. The van der Waals surface area contributed by atoms with Crippen LogP contribution in [0.5, 0.6) is 5.75 Å². The molecule has 0 aliphatic carbocycles. The van der Waals surface area contributed by atoms with Gasteiger partial charge in [0, 0.05) is 42.4 Å². The minimum absolute atomic E-state index is 0.154. The van der Waals surface area contributed by atoms with Crippen molar-refractivity contribution in [1.29, 1.82) is 0 Å². The van der Waals surface area contributed by atoms with E-state index in [9.17, 15) is 4.79 Å². The van der Waals surface area contributed by atoms with Crippen molar-refractivity contribution in [3.8, 4) is 16.9 Å². The first-order chi connectivity index (χ1) is 17.0. The van der Waals surface area contributed by atoms with E-state index in [1.165, 1.54) is 11.3 Å². The van der Waals surface area contributed by atoms with Crippen LogP contribution in [0.2, 0.25) is 0 Å². The quantitative estimate of drug-likeness (QED) is 0.377. The molecule has 1 aliphatic rings. The maximum atomic E-state index is 12.3. The SMILES string of the molecule is COc1ccccc1-c1c(C(N)=O)sc2cnc(Nc3cc(C4CCOCC4)nn3C(C)C)nc12. The first-order valence-electron chi connectivity index (χ1n) is 11.6. The van der Waals surface area contributed by atoms with Gasteiger partial charge in [0.05, 0.1) is 29.2 Å². The van der Waals surface area contributed by atoms with Gasteiger partial charge in [0.1, 0.15) is 16.4 Å². The molecule has 1 amide bonds. The van der Waals surface area contributed by atoms with Gasteiger partial charge in [-0.2, -0.15) is 5.10 Å². The van der Waals surface area contributed by atoms with Crippen molar-refractivity contribution in [3.05, 3.63) is 47.1 Å². The van der Waals surface area contributed by atoms with Gasteiger partial charge in [0.2, 0.25) is 5.95 Å². The number of amides is 1. The van der Waals surface area contributed by atoms with Crippen molar-refractivity contribution in [1.82, 2.24) is 19.7 Å². The highest BCUT2D eigenvalue weighted by Crippen LogP contribution is 2.41. The second-order valence-electron chi connectivity index (χ2n) is 8.78. The van der Waals surface area contributed by atoms with E-state index in [0.29, 0.717) is 33.6 Å². The lowest BCUT2D eigenvalue weighted by Crippen LogP contribution is -2.15. The number of ether oxygens (including phenoxy) is 2. The molecule has 5 rings (SSSR count). The van der Waals surface area contributed by atoms with Crippen molar-refractivity contribution in [2.45, 2.75) is 38.6 Å². The number of nitrogens with two attached hydrogens (primary N) is 1. The van der Waals surface area contributed by atoms with Crippen molar-refractivity contribution in [2.75, 3.05) is 25.6 Å². The highest BCUT2D eigenvalue weighted by molar-refractivity contribution is 7.21. The van der Waals surface area contributed by atoms with Gasteiger partial charge in [0.15, 0.2) is 0 Å². The maximum absolute atomic E-state index is 12.3. The first-order valence-corrected chi connectivity index (χ1v) is 12.4. The van der Waals surface area contributed by atoms with Crippen LogP contribution in [0.3, 0.4) is 0 Å². The zero-order valence-corrected chi connectivity index (χ0v) is 20.8. The molecule has 35 heavy (non-hydrogen) atoms. The molecule has 0 spiro atoms. The number of nitrogens with zero attached hydrogens (tertiary/aromatic N) is 4. The van der Waals surface area contributed by atoms with Gasteiger partial charge in [0.25, 0.3) is 5.91 Å². The van der Waals surface area contributed by atoms with E-state index in [1.54, 1.807) is 13.3 Å². The Bertz CT molecular complexity index is 1370. The molecule has 1 fully saturated rings. The van der Waals surface area contributed by atoms with E-state index in [2.05, 4.69) is 30.2 Å². The number of primary amides is 1. The summed E-state index contributed by atoms with van der Waals surface area (Å²) in [7, 11) is 1.60. The first kappa shape index (κ1) is 23.3. The number of carbonyl (C=O) groups excluding carboxylic acids is 1. The van der Waals surface area contributed by atoms with E-state index in [0.717, 1.165) is 47.8 Å². The number of carbonyl (C=O) groups is 1. The van der Waals surface area contributed by atoms with Crippen LogP contribution in [0.15, 0.2) is 36.5 Å². The molecule has 182 valence electrons. The Morgan fingerprint density at radius 3 is 2.77 bits per heavy atom. The number of aromatic nitrogens is 4. The third-order valence-corrected chi connectivity index (χ3v) is 7.28. The second-order valence-corrected chi connectivity index (χ2v) is 9.83. The lowest BCUT2D eigenvalue weighted by molar-refractivity contribution is 0.0843. The lowest BCUT2D eigenvalue weighted by atomic mass is 9.97. The van der Waals surface area contributed by atoms with Crippen molar-refractivity contribution in [3.63, 3.8) is 0 Å². The van der Waals surface area contributed by atoms with Crippen LogP contribution in [-0.2, 0) is 4.74 Å². The predicted molar refractivity (Wildman–Crippen MR) is 137 cm³/mol. The summed E-state index contributed by atoms with van der Waals surface area (Å²) in [6, 6.07) is 9.75. The van der Waals surface area contributed by atoms with Crippen LogP contribution in [0.1, 0.15) is 54.0 Å². The fourth-order valence-electron chi connectivity index (χ4n) is 4.44. The minimum Gasteiger partial charge on any atom is -0.496 e. The molecule has 4 heterocycles. The Labute approximate surface area is 207 Å². The molecule has 0 bridgehead atoms. The Hall–Kier alpha value is -3.50. The largest absolute Gasteiger partial charge is 0.496 e. The average Bonchev–Trinajstić information content (AvgIpc) is 3.46. The molecule has 0 unspecified atom stereocenters. The van der Waals surface area contributed by atoms with Crippen molar-refractivity contribution in [2.24, 2.45) is 5.73 Å². The van der Waals surface area contributed by atoms with E-state index in [-0.39, 0.29) is 6.04 Å². The fraction of sp³-hybridized carbons (Fsp3) is 0.360. The topological polar surface area (TPSA) is 117 Å².